The lowest BCUT2D eigenvalue weighted by molar-refractivity contribution is 0.546. The molecule has 1 heterocycles. The molecule has 0 fully saturated rings. The van der Waals surface area contributed by atoms with Gasteiger partial charge >= 0.3 is 0 Å². The van der Waals surface area contributed by atoms with Gasteiger partial charge in [-0.1, -0.05) is 127 Å². The number of hydrogen-bond donors (Lipinski definition) is 1. The Balaban J connectivity index is 1.36. The largest absolute Gasteiger partial charge is 0.460 e. The molecule has 4 aromatic carbocycles. The van der Waals surface area contributed by atoms with Gasteiger partial charge in [0.25, 0.3) is 0 Å². The number of fused-ring (bicyclic) bond motifs is 4. The molecule has 4 heteroatoms. The van der Waals surface area contributed by atoms with Gasteiger partial charge in [-0.15, -0.1) is 5.73 Å². The second kappa shape index (κ2) is 14.8. The first-order valence-corrected chi connectivity index (χ1v) is 16.9. The smallest absolute Gasteiger partial charge is 0.161 e. The van der Waals surface area contributed by atoms with Gasteiger partial charge in [0.1, 0.15) is 17.7 Å². The third kappa shape index (κ3) is 6.53. The molecule has 2 aliphatic rings. The van der Waals surface area contributed by atoms with Crippen LogP contribution in [0.15, 0.2) is 153 Å². The summed E-state index contributed by atoms with van der Waals surface area (Å²) in [6.07, 6.45) is 23.8. The number of furan rings is 1. The Hall–Kier alpha value is -6.35. The summed E-state index contributed by atoms with van der Waals surface area (Å²) in [5, 5.41) is 9.04. The molecule has 5 aromatic rings. The summed E-state index contributed by atoms with van der Waals surface area (Å²) in [6, 6.07) is 31.1. The lowest BCUT2D eigenvalue weighted by Gasteiger charge is -2.14. The molecule has 1 aromatic heterocycles. The van der Waals surface area contributed by atoms with Crippen LogP contribution in [-0.2, 0) is 6.42 Å². The number of allylic oxidation sites excluding steroid dienone is 7. The molecular weight excluding hydrogens is 611 g/mol. The average Bonchev–Trinajstić information content (AvgIpc) is 3.40. The SMILES string of the molecule is C/C=C\C=C/c1ccccc1/C(=C\C)c1ccc(C(=NC=N)N=C(C2=Cc3ccccc3C=C=C2)c2cccc3oc4c(c23)C=CCC4)cc1. The molecule has 0 radical (unpaired) electrons. The minimum atomic E-state index is 0.444. The third-order valence-corrected chi connectivity index (χ3v) is 8.94. The number of aliphatic imine (C=N–C) groups is 2. The van der Waals surface area contributed by atoms with Crippen LogP contribution in [-0.4, -0.2) is 17.9 Å². The van der Waals surface area contributed by atoms with E-state index in [4.69, 9.17) is 14.8 Å². The van der Waals surface area contributed by atoms with E-state index in [9.17, 15) is 0 Å². The van der Waals surface area contributed by atoms with Crippen molar-refractivity contribution in [3.63, 3.8) is 0 Å². The lowest BCUT2D eigenvalue weighted by atomic mass is 9.92. The predicted octanol–water partition coefficient (Wildman–Crippen LogP) is 11.5. The van der Waals surface area contributed by atoms with Gasteiger partial charge < -0.3 is 4.42 Å². The molecule has 0 saturated heterocycles. The van der Waals surface area contributed by atoms with Crippen molar-refractivity contribution in [2.24, 2.45) is 9.98 Å². The van der Waals surface area contributed by atoms with E-state index in [1.807, 2.05) is 67.6 Å². The normalized spacial score (nSPS) is 14.7. The van der Waals surface area contributed by atoms with E-state index in [-0.39, 0.29) is 0 Å². The van der Waals surface area contributed by atoms with Crippen LogP contribution in [0.25, 0.3) is 40.8 Å². The third-order valence-electron chi connectivity index (χ3n) is 8.94. The van der Waals surface area contributed by atoms with Gasteiger partial charge in [0.05, 0.1) is 5.71 Å². The highest BCUT2D eigenvalue weighted by Gasteiger charge is 2.22. The Morgan fingerprint density at radius 2 is 1.60 bits per heavy atom. The Morgan fingerprint density at radius 3 is 2.42 bits per heavy atom. The molecule has 0 spiro atoms. The summed E-state index contributed by atoms with van der Waals surface area (Å²) in [6.45, 7) is 4.08. The summed E-state index contributed by atoms with van der Waals surface area (Å²) in [7, 11) is 0. The van der Waals surface area contributed by atoms with Crippen molar-refractivity contribution >= 4 is 58.7 Å². The van der Waals surface area contributed by atoms with E-state index < -0.39 is 0 Å². The molecule has 242 valence electrons. The number of aryl methyl sites for hydroxylation is 1. The highest BCUT2D eigenvalue weighted by Crippen LogP contribution is 2.35. The van der Waals surface area contributed by atoms with E-state index in [0.29, 0.717) is 5.84 Å². The van der Waals surface area contributed by atoms with Crippen LogP contribution in [0.5, 0.6) is 0 Å². The van der Waals surface area contributed by atoms with Gasteiger partial charge in [-0.3, -0.25) is 5.41 Å². The molecule has 0 atom stereocenters. The molecule has 0 amide bonds. The monoisotopic (exact) mass is 647 g/mol. The summed E-state index contributed by atoms with van der Waals surface area (Å²) in [5.41, 5.74) is 15.4. The highest BCUT2D eigenvalue weighted by atomic mass is 16.3. The van der Waals surface area contributed by atoms with Crippen molar-refractivity contribution in [2.75, 3.05) is 0 Å². The summed E-state index contributed by atoms with van der Waals surface area (Å²) < 4.78 is 6.37. The van der Waals surface area contributed by atoms with Crippen molar-refractivity contribution in [1.82, 2.24) is 0 Å². The van der Waals surface area contributed by atoms with Gasteiger partial charge in [0, 0.05) is 34.1 Å². The maximum absolute atomic E-state index is 8.02. The van der Waals surface area contributed by atoms with Crippen LogP contribution in [0.4, 0.5) is 0 Å². The summed E-state index contributed by atoms with van der Waals surface area (Å²) in [4.78, 5) is 9.82. The second-order valence-electron chi connectivity index (χ2n) is 12.0. The predicted molar refractivity (Wildman–Crippen MR) is 212 cm³/mol. The van der Waals surface area contributed by atoms with Crippen molar-refractivity contribution in [3.8, 4) is 0 Å². The maximum Gasteiger partial charge on any atom is 0.161 e. The standard InChI is InChI=1S/C46H37N3O/c1-3-5-6-16-33-17-9-10-21-39(33)38(4-2)34-26-28-35(29-27-34)46(48-31-47)49-45(37-20-13-19-32-15-7-8-18-36(32)30-37)41-23-14-25-43-44(41)40-22-11-12-24-42(40)50-43/h3-11,14-23,25-31,47H,12,24H2,1-2H3/b5-3-,16-6-,38-4-,47-31?,48-46?,49-45?. The molecule has 0 saturated carbocycles. The van der Waals surface area contributed by atoms with Gasteiger partial charge in [-0.2, -0.15) is 0 Å². The fraction of sp³-hybridized carbons (Fsp3) is 0.0870. The fourth-order valence-electron chi connectivity index (χ4n) is 6.59. The molecule has 0 aliphatic heterocycles. The number of nitrogens with zero attached hydrogens (tertiary/aromatic N) is 2. The summed E-state index contributed by atoms with van der Waals surface area (Å²) >= 11 is 0. The lowest BCUT2D eigenvalue weighted by Crippen LogP contribution is -2.10. The van der Waals surface area contributed by atoms with Crippen LogP contribution in [0.2, 0.25) is 0 Å². The van der Waals surface area contributed by atoms with Crippen LogP contribution in [0.3, 0.4) is 0 Å². The average molecular weight is 648 g/mol. The first-order chi connectivity index (χ1) is 24.7. The van der Waals surface area contributed by atoms with Crippen molar-refractivity contribution in [3.05, 3.63) is 189 Å². The molecule has 7 rings (SSSR count). The minimum Gasteiger partial charge on any atom is -0.460 e. The molecule has 0 bridgehead atoms. The van der Waals surface area contributed by atoms with Gasteiger partial charge in [0.2, 0.25) is 0 Å². The topological polar surface area (TPSA) is 61.7 Å². The number of rotatable bonds is 8. The molecule has 4 nitrogen and oxygen atoms in total. The quantitative estimate of drug-likeness (QED) is 0.0774. The van der Waals surface area contributed by atoms with Crippen molar-refractivity contribution in [1.29, 1.82) is 5.41 Å². The van der Waals surface area contributed by atoms with E-state index in [1.165, 1.54) is 0 Å². The zero-order chi connectivity index (χ0) is 34.3. The molecule has 0 unspecified atom stereocenters. The Labute approximate surface area is 293 Å². The van der Waals surface area contributed by atoms with Crippen LogP contribution >= 0.6 is 0 Å². The van der Waals surface area contributed by atoms with Crippen LogP contribution in [0, 0.1) is 5.41 Å². The van der Waals surface area contributed by atoms with Gasteiger partial charge in [-0.05, 0) is 78.0 Å². The summed E-state index contributed by atoms with van der Waals surface area (Å²) in [5.74, 6) is 1.44. The van der Waals surface area contributed by atoms with Crippen LogP contribution < -0.4 is 0 Å². The Kier molecular flexibility index (Phi) is 9.55. The molecular formula is C46H37N3O. The zero-order valence-corrected chi connectivity index (χ0v) is 28.2. The molecule has 2 aliphatic carbocycles. The van der Waals surface area contributed by atoms with Gasteiger partial charge in [0.15, 0.2) is 5.84 Å². The van der Waals surface area contributed by atoms with Crippen LogP contribution in [0.1, 0.15) is 70.5 Å². The van der Waals surface area contributed by atoms with E-state index in [1.54, 1.807) is 0 Å². The second-order valence-corrected chi connectivity index (χ2v) is 12.0. The zero-order valence-electron chi connectivity index (χ0n) is 28.2. The van der Waals surface area contributed by atoms with E-state index in [0.717, 1.165) is 97.3 Å². The Morgan fingerprint density at radius 1 is 0.820 bits per heavy atom. The first-order valence-electron chi connectivity index (χ1n) is 16.9. The fourth-order valence-corrected chi connectivity index (χ4v) is 6.59. The Bertz CT molecular complexity index is 2380. The minimum absolute atomic E-state index is 0.444. The van der Waals surface area contributed by atoms with E-state index in [2.05, 4.69) is 109 Å². The highest BCUT2D eigenvalue weighted by molar-refractivity contribution is 6.27. The number of nitrogens with one attached hydrogen (secondary N) is 1. The first kappa shape index (κ1) is 32.2. The molecule has 50 heavy (non-hydrogen) atoms. The molecule has 1 N–H and O–H groups in total. The number of hydrogen-bond acceptors (Lipinski definition) is 2. The van der Waals surface area contributed by atoms with Crippen molar-refractivity contribution in [2.45, 2.75) is 26.7 Å². The number of amidine groups is 1. The maximum atomic E-state index is 8.02. The number of benzene rings is 4. The van der Waals surface area contributed by atoms with Gasteiger partial charge in [-0.25, -0.2) is 9.98 Å². The van der Waals surface area contributed by atoms with Crippen molar-refractivity contribution < 1.29 is 4.42 Å². The van der Waals surface area contributed by atoms with E-state index >= 15 is 0 Å².